The minimum Gasteiger partial charge on any atom is -0.493 e. The van der Waals surface area contributed by atoms with Crippen LogP contribution in [0.4, 0.5) is 9.18 Å². The second kappa shape index (κ2) is 8.39. The van der Waals surface area contributed by atoms with E-state index in [2.05, 4.69) is 13.8 Å². The number of carbonyl (C=O) groups is 2. The summed E-state index contributed by atoms with van der Waals surface area (Å²) in [7, 11) is 0. The van der Waals surface area contributed by atoms with Crippen molar-refractivity contribution in [3.8, 4) is 5.75 Å². The summed E-state index contributed by atoms with van der Waals surface area (Å²) in [5, 5.41) is -0.407. The number of para-hydroxylation sites is 1. The number of carbonyl (C=O) groups excluding carboxylic acids is 2. The van der Waals surface area contributed by atoms with Crippen LogP contribution in [0.3, 0.4) is 0 Å². The predicted molar refractivity (Wildman–Crippen MR) is 105 cm³/mol. The van der Waals surface area contributed by atoms with Crippen molar-refractivity contribution in [1.82, 2.24) is 4.90 Å². The third kappa shape index (κ3) is 4.57. The van der Waals surface area contributed by atoms with E-state index in [0.717, 1.165) is 22.2 Å². The van der Waals surface area contributed by atoms with Gasteiger partial charge in [0.25, 0.3) is 11.1 Å². The van der Waals surface area contributed by atoms with Crippen LogP contribution >= 0.6 is 11.8 Å². The molecule has 2 aromatic rings. The van der Waals surface area contributed by atoms with E-state index >= 15 is 0 Å². The van der Waals surface area contributed by atoms with E-state index in [9.17, 15) is 14.0 Å². The van der Waals surface area contributed by atoms with E-state index < -0.39 is 17.0 Å². The van der Waals surface area contributed by atoms with Crippen LogP contribution in [0.25, 0.3) is 6.08 Å². The zero-order valence-electron chi connectivity index (χ0n) is 15.1. The van der Waals surface area contributed by atoms with Gasteiger partial charge in [-0.05, 0) is 35.9 Å². The molecule has 0 atom stereocenters. The number of benzene rings is 2. The number of nitrogens with zero attached hydrogens (tertiary/aromatic N) is 1. The molecule has 0 aromatic heterocycles. The first-order valence-corrected chi connectivity index (χ1v) is 9.48. The Morgan fingerprint density at radius 1 is 1.11 bits per heavy atom. The Hall–Kier alpha value is -2.60. The van der Waals surface area contributed by atoms with Gasteiger partial charge in [-0.1, -0.05) is 50.2 Å². The molecular weight excluding hydrogens is 365 g/mol. The van der Waals surface area contributed by atoms with E-state index in [4.69, 9.17) is 4.74 Å². The predicted octanol–water partition coefficient (Wildman–Crippen LogP) is 5.10. The molecule has 0 spiro atoms. The second-order valence-electron chi connectivity index (χ2n) is 6.60. The topological polar surface area (TPSA) is 46.6 Å². The van der Waals surface area contributed by atoms with Crippen molar-refractivity contribution in [2.24, 2.45) is 5.92 Å². The summed E-state index contributed by atoms with van der Waals surface area (Å²) in [6.07, 6.45) is 1.65. The maximum absolute atomic E-state index is 13.9. The molecule has 1 heterocycles. The molecule has 1 fully saturated rings. The van der Waals surface area contributed by atoms with Gasteiger partial charge < -0.3 is 4.74 Å². The van der Waals surface area contributed by atoms with Crippen LogP contribution in [0.2, 0.25) is 0 Å². The minimum absolute atomic E-state index is 0.0832. The highest BCUT2D eigenvalue weighted by atomic mass is 32.2. The Kier molecular flexibility index (Phi) is 5.96. The molecule has 1 aliphatic heterocycles. The van der Waals surface area contributed by atoms with Gasteiger partial charge >= 0.3 is 0 Å². The van der Waals surface area contributed by atoms with Crippen LogP contribution in [0.15, 0.2) is 53.4 Å². The quantitative estimate of drug-likeness (QED) is 0.649. The van der Waals surface area contributed by atoms with Crippen molar-refractivity contribution < 1.29 is 18.7 Å². The molecule has 0 unspecified atom stereocenters. The van der Waals surface area contributed by atoms with Gasteiger partial charge in [0.15, 0.2) is 0 Å². The summed E-state index contributed by atoms with van der Waals surface area (Å²) in [6, 6.07) is 13.5. The lowest BCUT2D eigenvalue weighted by Crippen LogP contribution is -2.27. The summed E-state index contributed by atoms with van der Waals surface area (Å²) >= 11 is 0.855. The Morgan fingerprint density at radius 2 is 1.81 bits per heavy atom. The molecule has 27 heavy (non-hydrogen) atoms. The van der Waals surface area contributed by atoms with E-state index in [1.165, 1.54) is 6.07 Å². The van der Waals surface area contributed by atoms with Crippen LogP contribution in [0.5, 0.6) is 5.75 Å². The monoisotopic (exact) mass is 385 g/mol. The van der Waals surface area contributed by atoms with Crippen molar-refractivity contribution in [3.63, 3.8) is 0 Å². The van der Waals surface area contributed by atoms with E-state index in [-0.39, 0.29) is 6.54 Å². The largest absolute Gasteiger partial charge is 0.493 e. The number of amides is 2. The fraction of sp³-hybridized carbons (Fsp3) is 0.238. The third-order valence-corrected chi connectivity index (χ3v) is 4.85. The Bertz CT molecular complexity index is 895. The third-order valence-electron chi connectivity index (χ3n) is 3.94. The second-order valence-corrected chi connectivity index (χ2v) is 7.60. The molecule has 3 rings (SSSR count). The highest BCUT2D eigenvalue weighted by molar-refractivity contribution is 8.18. The lowest BCUT2D eigenvalue weighted by Gasteiger charge is -2.13. The molecule has 1 aliphatic rings. The number of hydrogen-bond donors (Lipinski definition) is 0. The van der Waals surface area contributed by atoms with Crippen LogP contribution in [0, 0.1) is 11.7 Å². The molecule has 2 aromatic carbocycles. The van der Waals surface area contributed by atoms with Gasteiger partial charge in [-0.3, -0.25) is 14.5 Å². The maximum atomic E-state index is 13.9. The van der Waals surface area contributed by atoms with Crippen molar-refractivity contribution in [2.75, 3.05) is 6.61 Å². The highest BCUT2D eigenvalue weighted by Crippen LogP contribution is 2.35. The Labute approximate surface area is 162 Å². The minimum atomic E-state index is -0.437. The Balaban J connectivity index is 1.82. The fourth-order valence-electron chi connectivity index (χ4n) is 2.56. The average molecular weight is 385 g/mol. The van der Waals surface area contributed by atoms with E-state index in [0.29, 0.717) is 28.7 Å². The number of halogens is 1. The molecular formula is C21H20FNO3S. The lowest BCUT2D eigenvalue weighted by molar-refractivity contribution is -0.123. The molecule has 140 valence electrons. The van der Waals surface area contributed by atoms with Gasteiger partial charge in [0.05, 0.1) is 18.1 Å². The number of thioether (sulfide) groups is 1. The standard InChI is InChI=1S/C21H20FNO3S/c1-14(2)13-26-18-10-6-4-7-15(18)11-19-20(24)23(21(25)27-19)12-16-8-3-5-9-17(16)22/h3-11,14H,12-13H2,1-2H3/b19-11+. The SMILES string of the molecule is CC(C)COc1ccccc1/C=C1/SC(=O)N(Cc2ccccc2F)C1=O. The van der Waals surface area contributed by atoms with Gasteiger partial charge in [0.2, 0.25) is 0 Å². The maximum Gasteiger partial charge on any atom is 0.293 e. The average Bonchev–Trinajstić information content (AvgIpc) is 2.90. The van der Waals surface area contributed by atoms with Gasteiger partial charge in [-0.25, -0.2) is 4.39 Å². The van der Waals surface area contributed by atoms with Crippen LogP contribution in [0.1, 0.15) is 25.0 Å². The number of rotatable bonds is 6. The van der Waals surface area contributed by atoms with Crippen molar-refractivity contribution in [2.45, 2.75) is 20.4 Å². The summed E-state index contributed by atoms with van der Waals surface area (Å²) < 4.78 is 19.7. The Morgan fingerprint density at radius 3 is 2.56 bits per heavy atom. The van der Waals surface area contributed by atoms with E-state index in [1.807, 2.05) is 24.3 Å². The molecule has 0 saturated carbocycles. The van der Waals surface area contributed by atoms with Crippen molar-refractivity contribution in [3.05, 3.63) is 70.4 Å². The summed E-state index contributed by atoms with van der Waals surface area (Å²) in [6.45, 7) is 4.58. The molecule has 2 amide bonds. The van der Waals surface area contributed by atoms with Crippen LogP contribution < -0.4 is 4.74 Å². The molecule has 6 heteroatoms. The molecule has 0 bridgehead atoms. The first kappa shape index (κ1) is 19.2. The first-order chi connectivity index (χ1) is 13.0. The molecule has 0 N–H and O–H groups in total. The molecule has 1 saturated heterocycles. The summed E-state index contributed by atoms with van der Waals surface area (Å²) in [4.78, 5) is 26.3. The number of imide groups is 1. The zero-order chi connectivity index (χ0) is 19.4. The molecule has 4 nitrogen and oxygen atoms in total. The van der Waals surface area contributed by atoms with Crippen LogP contribution in [-0.4, -0.2) is 22.7 Å². The molecule has 0 aliphatic carbocycles. The van der Waals surface area contributed by atoms with Gasteiger partial charge in [-0.15, -0.1) is 0 Å². The van der Waals surface area contributed by atoms with Gasteiger partial charge in [-0.2, -0.15) is 0 Å². The fourth-order valence-corrected chi connectivity index (χ4v) is 3.39. The first-order valence-electron chi connectivity index (χ1n) is 8.66. The summed E-state index contributed by atoms with van der Waals surface area (Å²) in [5.74, 6) is 0.165. The van der Waals surface area contributed by atoms with Crippen molar-refractivity contribution in [1.29, 1.82) is 0 Å². The highest BCUT2D eigenvalue weighted by Gasteiger charge is 2.35. The normalized spacial score (nSPS) is 15.9. The zero-order valence-corrected chi connectivity index (χ0v) is 16.0. The smallest absolute Gasteiger partial charge is 0.293 e. The lowest BCUT2D eigenvalue weighted by atomic mass is 10.1. The molecule has 0 radical (unpaired) electrons. The van der Waals surface area contributed by atoms with Crippen LogP contribution in [-0.2, 0) is 11.3 Å². The van der Waals surface area contributed by atoms with Gasteiger partial charge in [0, 0.05) is 11.1 Å². The number of hydrogen-bond acceptors (Lipinski definition) is 4. The van der Waals surface area contributed by atoms with E-state index in [1.54, 1.807) is 24.3 Å². The van der Waals surface area contributed by atoms with Crippen molar-refractivity contribution >= 4 is 29.0 Å². The van der Waals surface area contributed by atoms with Gasteiger partial charge in [0.1, 0.15) is 11.6 Å². The number of ether oxygens (including phenoxy) is 1. The summed E-state index contributed by atoms with van der Waals surface area (Å²) in [5.41, 5.74) is 1.04.